The van der Waals surface area contributed by atoms with Gasteiger partial charge in [-0.25, -0.2) is 4.39 Å². The largest absolute Gasteiger partial charge is 0.326 e. The zero-order valence-corrected chi connectivity index (χ0v) is 13.9. The molecule has 0 spiro atoms. The second kappa shape index (κ2) is 7.30. The Morgan fingerprint density at radius 3 is 2.76 bits per heavy atom. The number of carbonyl (C=O) groups excluding carboxylic acids is 1. The minimum absolute atomic E-state index is 0.134. The van der Waals surface area contributed by atoms with Crippen molar-refractivity contribution in [2.45, 2.75) is 26.2 Å². The van der Waals surface area contributed by atoms with Crippen molar-refractivity contribution in [3.05, 3.63) is 75.8 Å². The summed E-state index contributed by atoms with van der Waals surface area (Å²) in [5.74, 6) is -0.373. The van der Waals surface area contributed by atoms with Crippen LogP contribution >= 0.6 is 0 Å². The van der Waals surface area contributed by atoms with Crippen molar-refractivity contribution < 1.29 is 9.18 Å². The van der Waals surface area contributed by atoms with Gasteiger partial charge >= 0.3 is 0 Å². The first-order valence-corrected chi connectivity index (χ1v) is 8.20. The molecule has 2 N–H and O–H groups in total. The van der Waals surface area contributed by atoms with Crippen LogP contribution in [-0.4, -0.2) is 10.9 Å². The first-order valence-electron chi connectivity index (χ1n) is 8.20. The summed E-state index contributed by atoms with van der Waals surface area (Å²) >= 11 is 0. The molecule has 0 bridgehead atoms. The number of hydrogen-bond acceptors (Lipinski definition) is 2. The van der Waals surface area contributed by atoms with Crippen LogP contribution in [0.5, 0.6) is 0 Å². The van der Waals surface area contributed by atoms with Crippen LogP contribution in [0.3, 0.4) is 0 Å². The van der Waals surface area contributed by atoms with Crippen molar-refractivity contribution in [2.24, 2.45) is 0 Å². The summed E-state index contributed by atoms with van der Waals surface area (Å²) in [5.41, 5.74) is 2.44. The summed E-state index contributed by atoms with van der Waals surface area (Å²) in [5, 5.41) is 3.73. The van der Waals surface area contributed by atoms with Gasteiger partial charge in [0.1, 0.15) is 5.82 Å². The van der Waals surface area contributed by atoms with Gasteiger partial charge in [-0.05, 0) is 55.0 Å². The summed E-state index contributed by atoms with van der Waals surface area (Å²) in [6, 6.07) is 13.8. The number of benzene rings is 2. The van der Waals surface area contributed by atoms with Crippen molar-refractivity contribution >= 4 is 22.5 Å². The molecule has 0 aliphatic carbocycles. The fourth-order valence-corrected chi connectivity index (χ4v) is 2.75. The van der Waals surface area contributed by atoms with Crippen LogP contribution in [0.1, 0.15) is 24.0 Å². The molecule has 0 aliphatic heterocycles. The van der Waals surface area contributed by atoms with Crippen molar-refractivity contribution in [1.82, 2.24) is 4.98 Å². The zero-order valence-electron chi connectivity index (χ0n) is 13.9. The van der Waals surface area contributed by atoms with Crippen LogP contribution in [0.25, 0.3) is 10.9 Å². The highest BCUT2D eigenvalue weighted by Gasteiger charge is 2.06. The highest BCUT2D eigenvalue weighted by atomic mass is 19.1. The van der Waals surface area contributed by atoms with Gasteiger partial charge in [0.2, 0.25) is 5.91 Å². The molecule has 1 heterocycles. The van der Waals surface area contributed by atoms with Gasteiger partial charge in [0.15, 0.2) is 0 Å². The van der Waals surface area contributed by atoms with Gasteiger partial charge in [-0.3, -0.25) is 9.59 Å². The highest BCUT2D eigenvalue weighted by Crippen LogP contribution is 2.17. The van der Waals surface area contributed by atoms with E-state index in [1.54, 1.807) is 37.3 Å². The Kier molecular flexibility index (Phi) is 4.93. The van der Waals surface area contributed by atoms with E-state index < -0.39 is 0 Å². The molecule has 128 valence electrons. The molecular weight excluding hydrogens is 319 g/mol. The molecule has 4 nitrogen and oxygen atoms in total. The number of carbonyl (C=O) groups is 1. The van der Waals surface area contributed by atoms with E-state index in [1.807, 2.05) is 12.1 Å². The fraction of sp³-hybridized carbons (Fsp3) is 0.200. The standard InChI is InChI=1S/C20H19FN2O2/c1-13-11-15-9-10-16(12-18(15)23-20(13)25)22-19(24)8-4-6-14-5-2-3-7-17(14)21/h2-3,5,7,9-12H,4,6,8H2,1H3,(H,22,24)(H,23,25). The van der Waals surface area contributed by atoms with Crippen LogP contribution < -0.4 is 10.9 Å². The SMILES string of the molecule is Cc1cc2ccc(NC(=O)CCCc3ccccc3F)cc2[nH]c1=O. The van der Waals surface area contributed by atoms with E-state index in [9.17, 15) is 14.0 Å². The van der Waals surface area contributed by atoms with E-state index in [-0.39, 0.29) is 17.3 Å². The number of rotatable bonds is 5. The summed E-state index contributed by atoms with van der Waals surface area (Å²) in [6.07, 6.45) is 1.39. The first kappa shape index (κ1) is 16.9. The maximum absolute atomic E-state index is 13.5. The lowest BCUT2D eigenvalue weighted by atomic mass is 10.1. The van der Waals surface area contributed by atoms with Crippen LogP contribution in [0, 0.1) is 12.7 Å². The topological polar surface area (TPSA) is 62.0 Å². The minimum atomic E-state index is -0.239. The quantitative estimate of drug-likeness (QED) is 0.740. The number of pyridine rings is 1. The van der Waals surface area contributed by atoms with E-state index in [0.29, 0.717) is 41.6 Å². The van der Waals surface area contributed by atoms with E-state index in [1.165, 1.54) is 6.07 Å². The summed E-state index contributed by atoms with van der Waals surface area (Å²) in [4.78, 5) is 26.6. The Morgan fingerprint density at radius 1 is 1.16 bits per heavy atom. The van der Waals surface area contributed by atoms with E-state index >= 15 is 0 Å². The van der Waals surface area contributed by atoms with E-state index in [4.69, 9.17) is 0 Å². The maximum Gasteiger partial charge on any atom is 0.251 e. The third-order valence-corrected chi connectivity index (χ3v) is 4.12. The summed E-state index contributed by atoms with van der Waals surface area (Å²) in [7, 11) is 0. The zero-order chi connectivity index (χ0) is 17.8. The monoisotopic (exact) mass is 338 g/mol. The molecular formula is C20H19FN2O2. The van der Waals surface area contributed by atoms with Gasteiger partial charge in [-0.1, -0.05) is 24.3 Å². The summed E-state index contributed by atoms with van der Waals surface area (Å²) in [6.45, 7) is 1.75. The Hall–Kier alpha value is -2.95. The third kappa shape index (κ3) is 4.12. The lowest BCUT2D eigenvalue weighted by Crippen LogP contribution is -2.12. The molecule has 5 heteroatoms. The smallest absolute Gasteiger partial charge is 0.251 e. The molecule has 0 fully saturated rings. The number of aromatic nitrogens is 1. The van der Waals surface area contributed by atoms with E-state index in [0.717, 1.165) is 5.39 Å². The molecule has 0 atom stereocenters. The van der Waals surface area contributed by atoms with Crippen molar-refractivity contribution in [3.8, 4) is 0 Å². The van der Waals surface area contributed by atoms with Gasteiger partial charge in [-0.2, -0.15) is 0 Å². The molecule has 0 unspecified atom stereocenters. The Labute approximate surface area is 144 Å². The van der Waals surface area contributed by atoms with Crippen LogP contribution in [-0.2, 0) is 11.2 Å². The predicted molar refractivity (Wildman–Crippen MR) is 97.3 cm³/mol. The average molecular weight is 338 g/mol. The Morgan fingerprint density at radius 2 is 1.96 bits per heavy atom. The predicted octanol–water partition coefficient (Wildman–Crippen LogP) is 3.94. The number of hydrogen-bond donors (Lipinski definition) is 2. The van der Waals surface area contributed by atoms with Gasteiger partial charge < -0.3 is 10.3 Å². The van der Waals surface area contributed by atoms with Crippen molar-refractivity contribution in [3.63, 3.8) is 0 Å². The number of aryl methyl sites for hydroxylation is 2. The maximum atomic E-state index is 13.5. The average Bonchev–Trinajstić information content (AvgIpc) is 2.58. The van der Waals surface area contributed by atoms with Gasteiger partial charge in [-0.15, -0.1) is 0 Å². The molecule has 0 saturated heterocycles. The molecule has 25 heavy (non-hydrogen) atoms. The van der Waals surface area contributed by atoms with E-state index in [2.05, 4.69) is 10.3 Å². The Bertz CT molecular complexity index is 979. The third-order valence-electron chi connectivity index (χ3n) is 4.12. The number of amides is 1. The second-order valence-electron chi connectivity index (χ2n) is 6.08. The second-order valence-corrected chi connectivity index (χ2v) is 6.08. The van der Waals surface area contributed by atoms with Crippen LogP contribution in [0.15, 0.2) is 53.3 Å². The van der Waals surface area contributed by atoms with Crippen molar-refractivity contribution in [1.29, 1.82) is 0 Å². The number of halogens is 1. The number of aromatic amines is 1. The van der Waals surface area contributed by atoms with Crippen LogP contribution in [0.4, 0.5) is 10.1 Å². The number of nitrogens with one attached hydrogen (secondary N) is 2. The molecule has 0 saturated carbocycles. The van der Waals surface area contributed by atoms with Gasteiger partial charge in [0, 0.05) is 17.7 Å². The minimum Gasteiger partial charge on any atom is -0.326 e. The lowest BCUT2D eigenvalue weighted by Gasteiger charge is -2.07. The molecule has 0 radical (unpaired) electrons. The van der Waals surface area contributed by atoms with Crippen molar-refractivity contribution in [2.75, 3.05) is 5.32 Å². The Balaban J connectivity index is 1.61. The number of anilines is 1. The normalized spacial score (nSPS) is 10.8. The lowest BCUT2D eigenvalue weighted by molar-refractivity contribution is -0.116. The van der Waals surface area contributed by atoms with Gasteiger partial charge in [0.25, 0.3) is 5.56 Å². The molecule has 1 amide bonds. The molecule has 3 aromatic rings. The molecule has 0 aliphatic rings. The first-order chi connectivity index (χ1) is 12.0. The molecule has 2 aromatic carbocycles. The van der Waals surface area contributed by atoms with Crippen LogP contribution in [0.2, 0.25) is 0 Å². The molecule has 3 rings (SSSR count). The van der Waals surface area contributed by atoms with Gasteiger partial charge in [0.05, 0.1) is 5.52 Å². The molecule has 1 aromatic heterocycles. The summed E-state index contributed by atoms with van der Waals surface area (Å²) < 4.78 is 13.5. The fourth-order valence-electron chi connectivity index (χ4n) is 2.75. The number of fused-ring (bicyclic) bond motifs is 1. The highest BCUT2D eigenvalue weighted by molar-refractivity contribution is 5.93. The number of H-pyrrole nitrogens is 1.